The summed E-state index contributed by atoms with van der Waals surface area (Å²) in [5.41, 5.74) is 0. The second-order valence-electron chi connectivity index (χ2n) is 10.3. The molecule has 0 bridgehead atoms. The lowest BCUT2D eigenvalue weighted by Crippen LogP contribution is -2.62. The summed E-state index contributed by atoms with van der Waals surface area (Å²) in [4.78, 5) is 30.7. The number of rotatable bonds is 9. The second-order valence-corrected chi connectivity index (χ2v) is 10.8. The first-order valence-corrected chi connectivity index (χ1v) is 12.8. The van der Waals surface area contributed by atoms with Gasteiger partial charge in [-0.2, -0.15) is 0 Å². The fourth-order valence-electron chi connectivity index (χ4n) is 4.81. The Morgan fingerprint density at radius 1 is 1.09 bits per heavy atom. The molecule has 2 fully saturated rings. The molecule has 2 amide bonds. The molecule has 2 aliphatic rings. The molecule has 0 spiro atoms. The highest BCUT2D eigenvalue weighted by molar-refractivity contribution is 6.30. The molecule has 6 nitrogen and oxygen atoms in total. The van der Waals surface area contributed by atoms with Gasteiger partial charge in [0.15, 0.2) is 0 Å². The molecule has 0 aliphatic carbocycles. The number of ether oxygens (including phenoxy) is 1. The third kappa shape index (κ3) is 7.35. The largest absolute Gasteiger partial charge is 0.493 e. The molecule has 0 radical (unpaired) electrons. The number of nitrogens with one attached hydrogen (secondary N) is 1. The summed E-state index contributed by atoms with van der Waals surface area (Å²) in [6.07, 6.45) is 3.34. The molecule has 2 saturated heterocycles. The molecule has 2 aliphatic heterocycles. The fraction of sp³-hybridized carbons (Fsp3) is 0.692. The van der Waals surface area contributed by atoms with Crippen molar-refractivity contribution in [1.82, 2.24) is 15.1 Å². The molecule has 3 rings (SSSR count). The van der Waals surface area contributed by atoms with Crippen molar-refractivity contribution in [3.8, 4) is 5.75 Å². The van der Waals surface area contributed by atoms with Gasteiger partial charge in [0.05, 0.1) is 12.6 Å². The number of hydrogen-bond acceptors (Lipinski definition) is 4. The topological polar surface area (TPSA) is 61.9 Å². The summed E-state index contributed by atoms with van der Waals surface area (Å²) in [6, 6.07) is 6.88. The number of benzene rings is 1. The van der Waals surface area contributed by atoms with Crippen molar-refractivity contribution < 1.29 is 14.3 Å². The van der Waals surface area contributed by atoms with Crippen molar-refractivity contribution in [3.05, 3.63) is 29.3 Å². The number of carbonyl (C=O) groups excluding carboxylic acids is 2. The van der Waals surface area contributed by atoms with Crippen LogP contribution in [0.25, 0.3) is 0 Å². The Labute approximate surface area is 204 Å². The second kappa shape index (κ2) is 12.1. The first-order valence-electron chi connectivity index (χ1n) is 12.5. The minimum atomic E-state index is -0.365. The molecule has 2 atom stereocenters. The van der Waals surface area contributed by atoms with Gasteiger partial charge in [-0.1, -0.05) is 39.3 Å². The van der Waals surface area contributed by atoms with Crippen LogP contribution < -0.4 is 10.1 Å². The van der Waals surface area contributed by atoms with Gasteiger partial charge in [0.2, 0.25) is 11.8 Å². The Morgan fingerprint density at radius 3 is 2.36 bits per heavy atom. The molecule has 1 N–H and O–H groups in total. The quantitative estimate of drug-likeness (QED) is 0.578. The van der Waals surface area contributed by atoms with E-state index in [1.54, 1.807) is 0 Å². The van der Waals surface area contributed by atoms with Crippen molar-refractivity contribution in [2.24, 2.45) is 17.8 Å². The maximum Gasteiger partial charge on any atom is 0.245 e. The van der Waals surface area contributed by atoms with E-state index >= 15 is 0 Å². The first-order chi connectivity index (χ1) is 15.7. The molecule has 1 aromatic carbocycles. The number of piperidine rings is 1. The minimum Gasteiger partial charge on any atom is -0.493 e. The van der Waals surface area contributed by atoms with Crippen LogP contribution in [0.3, 0.4) is 0 Å². The molecule has 1 aromatic rings. The Balaban J connectivity index is 1.57. The van der Waals surface area contributed by atoms with Gasteiger partial charge in [0.25, 0.3) is 0 Å². The zero-order chi connectivity index (χ0) is 24.0. The zero-order valence-corrected chi connectivity index (χ0v) is 21.3. The smallest absolute Gasteiger partial charge is 0.245 e. The van der Waals surface area contributed by atoms with E-state index in [2.05, 4.69) is 33.0 Å². The van der Waals surface area contributed by atoms with E-state index in [1.165, 1.54) is 0 Å². The van der Waals surface area contributed by atoms with Gasteiger partial charge in [-0.15, -0.1) is 0 Å². The van der Waals surface area contributed by atoms with Gasteiger partial charge in [-0.3, -0.25) is 9.59 Å². The Kier molecular flexibility index (Phi) is 9.45. The fourth-order valence-corrected chi connectivity index (χ4v) is 4.93. The molecular formula is C26H40ClN3O3. The van der Waals surface area contributed by atoms with Crippen LogP contribution in [0.15, 0.2) is 24.3 Å². The summed E-state index contributed by atoms with van der Waals surface area (Å²) >= 11 is 5.94. The van der Waals surface area contributed by atoms with Crippen molar-refractivity contribution in [2.45, 2.75) is 65.5 Å². The third-order valence-corrected chi connectivity index (χ3v) is 6.87. The number of amides is 2. The molecule has 0 saturated carbocycles. The van der Waals surface area contributed by atoms with Gasteiger partial charge >= 0.3 is 0 Å². The Bertz CT molecular complexity index is 775. The monoisotopic (exact) mass is 477 g/mol. The predicted molar refractivity (Wildman–Crippen MR) is 132 cm³/mol. The number of hydrogen-bond donors (Lipinski definition) is 1. The third-order valence-electron chi connectivity index (χ3n) is 6.61. The van der Waals surface area contributed by atoms with Crippen molar-refractivity contribution in [2.75, 3.05) is 32.8 Å². The highest BCUT2D eigenvalue weighted by atomic mass is 35.5. The standard InChI is InChI=1S/C26H40ClN3O3/c1-18(2)15-23-25(31)30(14-11-28-23)24(16-19(3)4)26(32)29-12-9-20(10-13-29)17-33-22-7-5-21(27)6-8-22/h5-8,18-20,23-24,28H,9-17H2,1-4H3/t23-,24-/m0/s1. The van der Waals surface area contributed by atoms with Crippen LogP contribution >= 0.6 is 11.6 Å². The summed E-state index contributed by atoms with van der Waals surface area (Å²) in [5.74, 6) is 2.21. The van der Waals surface area contributed by atoms with Crippen molar-refractivity contribution >= 4 is 23.4 Å². The van der Waals surface area contributed by atoms with E-state index in [0.29, 0.717) is 42.3 Å². The molecule has 0 aromatic heterocycles. The van der Waals surface area contributed by atoms with Crippen LogP contribution in [0.4, 0.5) is 0 Å². The van der Waals surface area contributed by atoms with Gasteiger partial charge in [-0.25, -0.2) is 0 Å². The van der Waals surface area contributed by atoms with Crippen molar-refractivity contribution in [1.29, 1.82) is 0 Å². The predicted octanol–water partition coefficient (Wildman–Crippen LogP) is 4.22. The van der Waals surface area contributed by atoms with Gasteiger partial charge < -0.3 is 19.9 Å². The molecular weight excluding hydrogens is 438 g/mol. The summed E-state index contributed by atoms with van der Waals surface area (Å²) in [6.45, 7) is 11.9. The Morgan fingerprint density at radius 2 is 1.76 bits per heavy atom. The van der Waals surface area contributed by atoms with Crippen LogP contribution in [0.1, 0.15) is 53.4 Å². The lowest BCUT2D eigenvalue weighted by molar-refractivity contribution is -0.150. The molecule has 33 heavy (non-hydrogen) atoms. The summed E-state index contributed by atoms with van der Waals surface area (Å²) in [5, 5.41) is 4.05. The minimum absolute atomic E-state index is 0.0835. The normalized spacial score (nSPS) is 21.1. The average Bonchev–Trinajstić information content (AvgIpc) is 2.78. The maximum atomic E-state index is 13.6. The van der Waals surface area contributed by atoms with E-state index < -0.39 is 0 Å². The lowest BCUT2D eigenvalue weighted by atomic mass is 9.94. The summed E-state index contributed by atoms with van der Waals surface area (Å²) in [7, 11) is 0. The molecule has 2 heterocycles. The van der Waals surface area contributed by atoms with E-state index in [-0.39, 0.29) is 23.9 Å². The number of halogens is 1. The average molecular weight is 478 g/mol. The number of piperazine rings is 1. The number of likely N-dealkylation sites (tertiary alicyclic amines) is 1. The van der Waals surface area contributed by atoms with E-state index in [1.807, 2.05) is 34.1 Å². The molecule has 184 valence electrons. The number of carbonyl (C=O) groups is 2. The van der Waals surface area contributed by atoms with E-state index in [4.69, 9.17) is 16.3 Å². The maximum absolute atomic E-state index is 13.6. The summed E-state index contributed by atoms with van der Waals surface area (Å²) < 4.78 is 5.93. The number of nitrogens with zero attached hydrogens (tertiary/aromatic N) is 2. The highest BCUT2D eigenvalue weighted by Gasteiger charge is 2.39. The van der Waals surface area contributed by atoms with Crippen LogP contribution in [0, 0.1) is 17.8 Å². The van der Waals surface area contributed by atoms with Gasteiger partial charge in [-0.05, 0) is 67.7 Å². The zero-order valence-electron chi connectivity index (χ0n) is 20.6. The SMILES string of the molecule is CC(C)C[C@@H]1NCCN([C@@H](CC(C)C)C(=O)N2CCC(COc3ccc(Cl)cc3)CC2)C1=O. The highest BCUT2D eigenvalue weighted by Crippen LogP contribution is 2.24. The van der Waals surface area contributed by atoms with E-state index in [9.17, 15) is 9.59 Å². The van der Waals surface area contributed by atoms with E-state index in [0.717, 1.165) is 44.6 Å². The van der Waals surface area contributed by atoms with Crippen LogP contribution in [0.2, 0.25) is 5.02 Å². The van der Waals surface area contributed by atoms with Crippen molar-refractivity contribution in [3.63, 3.8) is 0 Å². The molecule has 7 heteroatoms. The lowest BCUT2D eigenvalue weighted by Gasteiger charge is -2.42. The van der Waals surface area contributed by atoms with Gasteiger partial charge in [0.1, 0.15) is 11.8 Å². The van der Waals surface area contributed by atoms with Crippen LogP contribution in [0.5, 0.6) is 5.75 Å². The molecule has 0 unspecified atom stereocenters. The van der Waals surface area contributed by atoms with Gasteiger partial charge in [0, 0.05) is 31.2 Å². The first kappa shape index (κ1) is 25.8. The van der Waals surface area contributed by atoms with Crippen LogP contribution in [-0.2, 0) is 9.59 Å². The Hall–Kier alpha value is -1.79. The van der Waals surface area contributed by atoms with Crippen LogP contribution in [-0.4, -0.2) is 66.5 Å².